The highest BCUT2D eigenvalue weighted by Gasteiger charge is 2.42. The fourth-order valence-electron chi connectivity index (χ4n) is 2.79. The summed E-state index contributed by atoms with van der Waals surface area (Å²) in [5.41, 5.74) is -0.853. The van der Waals surface area contributed by atoms with Gasteiger partial charge in [-0.1, -0.05) is 6.92 Å². The highest BCUT2D eigenvalue weighted by Crippen LogP contribution is 2.33. The number of carbonyl (C=O) groups is 1. The van der Waals surface area contributed by atoms with Gasteiger partial charge in [-0.2, -0.15) is 13.2 Å². The molecule has 0 aliphatic carbocycles. The van der Waals surface area contributed by atoms with E-state index in [0.717, 1.165) is 0 Å². The van der Waals surface area contributed by atoms with Crippen molar-refractivity contribution >= 4 is 5.97 Å². The second-order valence-electron chi connectivity index (χ2n) is 5.79. The Morgan fingerprint density at radius 1 is 1.43 bits per heavy atom. The number of piperidine rings is 1. The number of nitrogens with one attached hydrogen (secondary N) is 1. The maximum Gasteiger partial charge on any atom is 0.393 e. The lowest BCUT2D eigenvalue weighted by molar-refractivity contribution is -0.187. The minimum atomic E-state index is -4.13. The number of ether oxygens (including phenoxy) is 1. The van der Waals surface area contributed by atoms with Gasteiger partial charge in [0.2, 0.25) is 0 Å². The third-order valence-electron chi connectivity index (χ3n) is 4.10. The molecule has 2 atom stereocenters. The first-order valence-corrected chi connectivity index (χ1v) is 7.35. The molecule has 21 heavy (non-hydrogen) atoms. The predicted octanol–water partition coefficient (Wildman–Crippen LogP) is 2.19. The fraction of sp³-hybridized carbons (Fsp3) is 0.929. The molecule has 0 aromatic heterocycles. The maximum atomic E-state index is 12.8. The van der Waals surface area contributed by atoms with E-state index in [0.29, 0.717) is 32.5 Å². The number of esters is 1. The van der Waals surface area contributed by atoms with Crippen molar-refractivity contribution in [2.45, 2.75) is 44.8 Å². The van der Waals surface area contributed by atoms with Crippen LogP contribution in [-0.2, 0) is 9.53 Å². The summed E-state index contributed by atoms with van der Waals surface area (Å²) in [5.74, 6) is -1.64. The number of rotatable bonds is 6. The number of hydrogen-bond donors (Lipinski definition) is 1. The molecule has 1 aliphatic heterocycles. The Balaban J connectivity index is 2.58. The molecule has 0 amide bonds. The van der Waals surface area contributed by atoms with E-state index in [1.165, 1.54) is 7.11 Å². The molecule has 2 unspecified atom stereocenters. The van der Waals surface area contributed by atoms with Gasteiger partial charge in [0, 0.05) is 13.1 Å². The Morgan fingerprint density at radius 3 is 2.62 bits per heavy atom. The number of likely N-dealkylation sites (N-methyl/N-ethyl adjacent to an activating group) is 1. The molecule has 0 aromatic rings. The van der Waals surface area contributed by atoms with E-state index in [2.05, 4.69) is 5.32 Å². The molecule has 1 saturated heterocycles. The van der Waals surface area contributed by atoms with Gasteiger partial charge in [-0.3, -0.25) is 4.79 Å². The summed E-state index contributed by atoms with van der Waals surface area (Å²) in [7, 11) is 1.32. The lowest BCUT2D eigenvalue weighted by atomic mass is 9.94. The molecule has 1 aliphatic rings. The molecule has 4 nitrogen and oxygen atoms in total. The average Bonchev–Trinajstić information content (AvgIpc) is 2.44. The highest BCUT2D eigenvalue weighted by molar-refractivity contribution is 5.80. The summed E-state index contributed by atoms with van der Waals surface area (Å²) in [6.07, 6.45) is -2.97. The van der Waals surface area contributed by atoms with Crippen LogP contribution in [0.3, 0.4) is 0 Å². The van der Waals surface area contributed by atoms with Gasteiger partial charge in [-0.25, -0.2) is 0 Å². The molecule has 0 radical (unpaired) electrons. The van der Waals surface area contributed by atoms with Crippen LogP contribution in [0.4, 0.5) is 13.2 Å². The number of likely N-dealkylation sites (tertiary alicyclic amines) is 1. The van der Waals surface area contributed by atoms with Gasteiger partial charge in [0.25, 0.3) is 0 Å². The van der Waals surface area contributed by atoms with E-state index >= 15 is 0 Å². The number of halogens is 3. The number of alkyl halides is 3. The topological polar surface area (TPSA) is 41.6 Å². The molecule has 1 rings (SSSR count). The van der Waals surface area contributed by atoms with Gasteiger partial charge in [0.15, 0.2) is 0 Å². The molecule has 0 spiro atoms. The molecule has 7 heteroatoms. The molecule has 124 valence electrons. The number of nitrogens with zero attached hydrogens (tertiary/aromatic N) is 1. The smallest absolute Gasteiger partial charge is 0.393 e. The predicted molar refractivity (Wildman–Crippen MR) is 73.9 cm³/mol. The van der Waals surface area contributed by atoms with Crippen molar-refractivity contribution in [2.24, 2.45) is 5.92 Å². The third kappa shape index (κ3) is 5.14. The zero-order valence-corrected chi connectivity index (χ0v) is 12.9. The Morgan fingerprint density at radius 2 is 2.10 bits per heavy atom. The Labute approximate surface area is 124 Å². The second-order valence-corrected chi connectivity index (χ2v) is 5.79. The van der Waals surface area contributed by atoms with E-state index in [-0.39, 0.29) is 18.9 Å². The van der Waals surface area contributed by atoms with Gasteiger partial charge >= 0.3 is 12.1 Å². The Kier molecular flexibility index (Phi) is 6.46. The largest absolute Gasteiger partial charge is 0.468 e. The summed E-state index contributed by atoms with van der Waals surface area (Å²) in [6.45, 7) is 5.32. The molecule has 1 fully saturated rings. The SMILES string of the molecule is CCNC(C)(CCN1CCCC(C(F)(F)F)C1)C(=O)OC. The maximum absolute atomic E-state index is 12.8. The van der Waals surface area contributed by atoms with Crippen molar-refractivity contribution in [3.05, 3.63) is 0 Å². The van der Waals surface area contributed by atoms with E-state index in [1.54, 1.807) is 11.8 Å². The summed E-state index contributed by atoms with van der Waals surface area (Å²) >= 11 is 0. The minimum Gasteiger partial charge on any atom is -0.468 e. The van der Waals surface area contributed by atoms with Crippen molar-refractivity contribution in [3.63, 3.8) is 0 Å². The first kappa shape index (κ1) is 18.2. The normalized spacial score (nSPS) is 23.6. The first-order valence-electron chi connectivity index (χ1n) is 7.35. The minimum absolute atomic E-state index is 0.0207. The first-order chi connectivity index (χ1) is 9.73. The molecule has 1 N–H and O–H groups in total. The summed E-state index contributed by atoms with van der Waals surface area (Å²) in [6, 6.07) is 0. The number of methoxy groups -OCH3 is 1. The number of carbonyl (C=O) groups excluding carboxylic acids is 1. The van der Waals surface area contributed by atoms with E-state index in [9.17, 15) is 18.0 Å². The lowest BCUT2D eigenvalue weighted by Crippen LogP contribution is -2.53. The number of hydrogen-bond acceptors (Lipinski definition) is 4. The van der Waals surface area contributed by atoms with Crippen LogP contribution in [0.5, 0.6) is 0 Å². The molecule has 0 saturated carbocycles. The molecule has 0 bridgehead atoms. The van der Waals surface area contributed by atoms with Crippen molar-refractivity contribution in [1.29, 1.82) is 0 Å². The van der Waals surface area contributed by atoms with Gasteiger partial charge in [0.1, 0.15) is 5.54 Å². The van der Waals surface area contributed by atoms with Crippen LogP contribution in [0.15, 0.2) is 0 Å². The van der Waals surface area contributed by atoms with Crippen LogP contribution in [0.1, 0.15) is 33.1 Å². The second kappa shape index (κ2) is 7.45. The quantitative estimate of drug-likeness (QED) is 0.764. The fourth-order valence-corrected chi connectivity index (χ4v) is 2.79. The summed E-state index contributed by atoms with van der Waals surface area (Å²) < 4.78 is 43.1. The lowest BCUT2D eigenvalue weighted by Gasteiger charge is -2.36. The third-order valence-corrected chi connectivity index (χ3v) is 4.10. The van der Waals surface area contributed by atoms with Gasteiger partial charge in [0.05, 0.1) is 13.0 Å². The van der Waals surface area contributed by atoms with Crippen molar-refractivity contribution in [1.82, 2.24) is 10.2 Å². The molecule has 0 aromatic carbocycles. The van der Waals surface area contributed by atoms with Crippen LogP contribution in [-0.4, -0.2) is 55.9 Å². The zero-order valence-electron chi connectivity index (χ0n) is 12.9. The zero-order chi connectivity index (χ0) is 16.1. The van der Waals surface area contributed by atoms with Crippen molar-refractivity contribution < 1.29 is 22.7 Å². The van der Waals surface area contributed by atoms with Gasteiger partial charge in [-0.15, -0.1) is 0 Å². The molecule has 1 heterocycles. The Bertz CT molecular complexity index is 350. The van der Waals surface area contributed by atoms with Crippen LogP contribution in [0.2, 0.25) is 0 Å². The average molecular weight is 310 g/mol. The van der Waals surface area contributed by atoms with Gasteiger partial charge in [-0.05, 0) is 39.3 Å². The van der Waals surface area contributed by atoms with Crippen LogP contribution < -0.4 is 5.32 Å². The van der Waals surface area contributed by atoms with Gasteiger partial charge < -0.3 is 15.0 Å². The molecular formula is C14H25F3N2O2. The highest BCUT2D eigenvalue weighted by atomic mass is 19.4. The van der Waals surface area contributed by atoms with Crippen LogP contribution in [0, 0.1) is 5.92 Å². The van der Waals surface area contributed by atoms with E-state index in [4.69, 9.17) is 4.74 Å². The van der Waals surface area contributed by atoms with Crippen LogP contribution >= 0.6 is 0 Å². The summed E-state index contributed by atoms with van der Waals surface area (Å²) in [4.78, 5) is 13.6. The standard InChI is InChI=1S/C14H25F3N2O2/c1-4-18-13(2,12(20)21-3)7-9-19-8-5-6-11(10-19)14(15,16)17/h11,18H,4-10H2,1-3H3. The molecular weight excluding hydrogens is 285 g/mol. The van der Waals surface area contributed by atoms with Crippen molar-refractivity contribution in [2.75, 3.05) is 33.3 Å². The summed E-state index contributed by atoms with van der Waals surface area (Å²) in [5, 5.41) is 3.07. The Hall–Kier alpha value is -0.820. The van der Waals surface area contributed by atoms with E-state index < -0.39 is 17.6 Å². The van der Waals surface area contributed by atoms with Crippen LogP contribution in [0.25, 0.3) is 0 Å². The van der Waals surface area contributed by atoms with E-state index in [1.807, 2.05) is 6.92 Å². The van der Waals surface area contributed by atoms with Crippen molar-refractivity contribution in [3.8, 4) is 0 Å². The monoisotopic (exact) mass is 310 g/mol.